The summed E-state index contributed by atoms with van der Waals surface area (Å²) in [6, 6.07) is 0. The summed E-state index contributed by atoms with van der Waals surface area (Å²) in [5.41, 5.74) is 0. The predicted octanol–water partition coefficient (Wildman–Crippen LogP) is -6.74. The van der Waals surface area contributed by atoms with Crippen molar-refractivity contribution in [1.29, 1.82) is 0 Å². The number of aliphatic carboxylic acids is 2. The fourth-order valence-corrected chi connectivity index (χ4v) is 1.42. The van der Waals surface area contributed by atoms with Gasteiger partial charge in [-0.1, -0.05) is 0 Å². The molecular weight excluding hydrogens is 361 g/mol. The zero-order chi connectivity index (χ0) is 16.4. The molecule has 0 aliphatic carbocycles. The summed E-state index contributed by atoms with van der Waals surface area (Å²) < 4.78 is 20.1. The number of nitrogens with one attached hydrogen (secondary N) is 2. The molecule has 0 aliphatic heterocycles. The quantitative estimate of drug-likeness (QED) is 0.155. The first-order valence-electron chi connectivity index (χ1n) is 4.75. The average Bonchev–Trinajstić information content (AvgIpc) is 2.12. The molecule has 15 heteroatoms. The Morgan fingerprint density at radius 1 is 0.905 bits per heavy atom. The van der Waals surface area contributed by atoms with Crippen LogP contribution in [0.1, 0.15) is 0 Å². The van der Waals surface area contributed by atoms with Crippen molar-refractivity contribution in [2.45, 2.75) is 0 Å². The molecule has 0 fully saturated rings. The first-order valence-corrected chi connectivity index (χ1v) is 8.35. The number of carbonyl (C=O) groups excluding carboxylic acids is 1. The maximum atomic E-state index is 10.1. The van der Waals surface area contributed by atoms with Gasteiger partial charge in [0, 0.05) is 6.54 Å². The molecule has 0 atom stereocenters. The third-order valence-corrected chi connectivity index (χ3v) is 2.45. The van der Waals surface area contributed by atoms with E-state index in [9.17, 15) is 23.8 Å². The van der Waals surface area contributed by atoms with Crippen molar-refractivity contribution in [2.24, 2.45) is 0 Å². The van der Waals surface area contributed by atoms with E-state index in [1.165, 1.54) is 0 Å². The van der Waals surface area contributed by atoms with Crippen LogP contribution in [0.3, 0.4) is 0 Å². The molecule has 0 heterocycles. The van der Waals surface area contributed by atoms with E-state index in [0.717, 1.165) is 0 Å². The van der Waals surface area contributed by atoms with E-state index in [0.29, 0.717) is 0 Å². The fraction of sp³-hybridized carbons (Fsp3) is 0.667. The summed E-state index contributed by atoms with van der Waals surface area (Å²) in [5, 5.41) is 21.7. The topological polar surface area (TPSA) is 217 Å². The number of carboxylic acid groups (broad SMARTS) is 2. The Labute approximate surface area is 162 Å². The first-order chi connectivity index (χ1) is 8.83. The number of hydrogen-bond acceptors (Lipinski definition) is 7. The largest absolute Gasteiger partial charge is 1.00 e. The molecule has 0 saturated heterocycles. The van der Waals surface area contributed by atoms with Crippen LogP contribution < -0.4 is 67.1 Å². The van der Waals surface area contributed by atoms with Gasteiger partial charge in [0.1, 0.15) is 0 Å². The van der Waals surface area contributed by atoms with Crippen LogP contribution in [0.4, 0.5) is 0 Å². The second kappa shape index (κ2) is 13.3. The van der Waals surface area contributed by atoms with Gasteiger partial charge in [0.05, 0.1) is 25.1 Å². The number of carbonyl (C=O) groups is 2. The van der Waals surface area contributed by atoms with Crippen LogP contribution in [0.2, 0.25) is 0 Å². The molecule has 0 rings (SSSR count). The van der Waals surface area contributed by atoms with E-state index in [1.54, 1.807) is 0 Å². The van der Waals surface area contributed by atoms with Gasteiger partial charge in [-0.3, -0.25) is 19.2 Å². The van der Waals surface area contributed by atoms with Crippen LogP contribution in [-0.4, -0.2) is 62.3 Å². The predicted molar refractivity (Wildman–Crippen MR) is 62.5 cm³/mol. The van der Waals surface area contributed by atoms with Gasteiger partial charge >= 0.3 is 72.5 Å². The Kier molecular flexibility index (Phi) is 16.8. The zero-order valence-electron chi connectivity index (χ0n) is 11.0. The van der Waals surface area contributed by atoms with Gasteiger partial charge in [0.15, 0.2) is 0 Å². The van der Waals surface area contributed by atoms with E-state index in [1.807, 2.05) is 5.32 Å². The van der Waals surface area contributed by atoms with E-state index >= 15 is 0 Å². The SMILES string of the molecule is O=C(O)CNCP(=O)(O)O.O=C([O-])CNCP(=O)(O)O.[K+]. The molecule has 0 radical (unpaired) electrons. The van der Waals surface area contributed by atoms with Gasteiger partial charge in [-0.05, 0) is 0 Å². The normalized spacial score (nSPS) is 10.9. The molecule has 0 bridgehead atoms. The van der Waals surface area contributed by atoms with Crippen molar-refractivity contribution in [3.63, 3.8) is 0 Å². The molecule has 120 valence electrons. The molecule has 0 spiro atoms. The minimum absolute atomic E-state index is 0. The number of hydrogen-bond donors (Lipinski definition) is 7. The van der Waals surface area contributed by atoms with E-state index in [2.05, 4.69) is 5.32 Å². The molecule has 0 amide bonds. The molecule has 0 aliphatic rings. The molecule has 21 heavy (non-hydrogen) atoms. The van der Waals surface area contributed by atoms with Crippen LogP contribution in [0.15, 0.2) is 0 Å². The summed E-state index contributed by atoms with van der Waals surface area (Å²) in [5.74, 6) is -2.54. The Morgan fingerprint density at radius 3 is 1.48 bits per heavy atom. The Morgan fingerprint density at radius 2 is 1.24 bits per heavy atom. The summed E-state index contributed by atoms with van der Waals surface area (Å²) in [4.78, 5) is 52.1. The minimum atomic E-state index is -4.12. The van der Waals surface area contributed by atoms with Gasteiger partial charge in [0.25, 0.3) is 0 Å². The molecule has 0 aromatic rings. The second-order valence-corrected chi connectivity index (χ2v) is 6.56. The summed E-state index contributed by atoms with van der Waals surface area (Å²) in [6.45, 7) is -0.990. The number of rotatable bonds is 8. The van der Waals surface area contributed by atoms with Crippen LogP contribution in [0.5, 0.6) is 0 Å². The van der Waals surface area contributed by atoms with Crippen LogP contribution in [-0.2, 0) is 18.7 Å². The molecule has 0 saturated carbocycles. The van der Waals surface area contributed by atoms with Gasteiger partial charge in [-0.2, -0.15) is 0 Å². The Bertz CT molecular complexity index is 368. The van der Waals surface area contributed by atoms with Gasteiger partial charge < -0.3 is 39.9 Å². The van der Waals surface area contributed by atoms with Crippen molar-refractivity contribution in [3.05, 3.63) is 0 Å². The molecular formula is C6H15KN2O10P2. The fourth-order valence-electron chi connectivity index (χ4n) is 0.612. The third kappa shape index (κ3) is 33.6. The van der Waals surface area contributed by atoms with E-state index < -0.39 is 52.8 Å². The molecule has 0 unspecified atom stereocenters. The zero-order valence-corrected chi connectivity index (χ0v) is 15.9. The van der Waals surface area contributed by atoms with Crippen molar-refractivity contribution in [1.82, 2.24) is 10.6 Å². The van der Waals surface area contributed by atoms with Crippen LogP contribution in [0.25, 0.3) is 0 Å². The van der Waals surface area contributed by atoms with Crippen molar-refractivity contribution in [2.75, 3.05) is 25.7 Å². The van der Waals surface area contributed by atoms with Crippen molar-refractivity contribution < 1.29 is 99.9 Å². The maximum absolute atomic E-state index is 10.1. The molecule has 0 aromatic heterocycles. The van der Waals surface area contributed by atoms with E-state index in [4.69, 9.17) is 24.7 Å². The van der Waals surface area contributed by atoms with Crippen LogP contribution >= 0.6 is 15.2 Å². The van der Waals surface area contributed by atoms with Gasteiger partial charge in [-0.15, -0.1) is 0 Å². The van der Waals surface area contributed by atoms with E-state index in [-0.39, 0.29) is 51.4 Å². The second-order valence-electron chi connectivity index (χ2n) is 3.26. The van der Waals surface area contributed by atoms with Gasteiger partial charge in [-0.25, -0.2) is 0 Å². The van der Waals surface area contributed by atoms with Crippen LogP contribution in [0, 0.1) is 0 Å². The van der Waals surface area contributed by atoms with Crippen molar-refractivity contribution >= 4 is 27.1 Å². The molecule has 7 N–H and O–H groups in total. The third-order valence-electron chi connectivity index (χ3n) is 1.18. The minimum Gasteiger partial charge on any atom is -0.549 e. The summed E-state index contributed by atoms with van der Waals surface area (Å²) in [7, 11) is -8.22. The summed E-state index contributed by atoms with van der Waals surface area (Å²) >= 11 is 0. The average molecular weight is 376 g/mol. The Balaban J connectivity index is -0.000000295. The monoisotopic (exact) mass is 376 g/mol. The standard InChI is InChI=1S/2C3H8NO5P.K/c2*5-3(6)1-4-2-10(7,8)9;/h2*4H,1-2H2,(H,5,6)(H2,7,8,9);/q;;+1/p-1. The number of carboxylic acids is 2. The smallest absolute Gasteiger partial charge is 0.549 e. The van der Waals surface area contributed by atoms with Crippen molar-refractivity contribution in [3.8, 4) is 0 Å². The maximum Gasteiger partial charge on any atom is 1.00 e. The Hall–Kier alpha value is 0.796. The molecule has 12 nitrogen and oxygen atoms in total. The molecule has 0 aromatic carbocycles. The van der Waals surface area contributed by atoms with Gasteiger partial charge in [0.2, 0.25) is 0 Å². The first kappa shape index (κ1) is 26.7. The summed E-state index contributed by atoms with van der Waals surface area (Å²) in [6.07, 6.45) is -1.24.